The monoisotopic (exact) mass is 406 g/mol. The van der Waals surface area contributed by atoms with E-state index in [4.69, 9.17) is 37.7 Å². The van der Waals surface area contributed by atoms with Crippen molar-refractivity contribution in [2.75, 3.05) is 19.0 Å². The molecule has 3 aromatic rings. The molecule has 1 fully saturated rings. The van der Waals surface area contributed by atoms with Crippen LogP contribution in [0.25, 0.3) is 11.2 Å². The Morgan fingerprint density at radius 3 is 2.81 bits per heavy atom. The Morgan fingerprint density at radius 1 is 1.22 bits per heavy atom. The number of anilines is 2. The minimum Gasteiger partial charge on any atom is -0.493 e. The first-order valence-electron chi connectivity index (χ1n) is 8.84. The van der Waals surface area contributed by atoms with Crippen LogP contribution in [0, 0.1) is 6.92 Å². The molecule has 1 unspecified atom stereocenters. The lowest BCUT2D eigenvalue weighted by Gasteiger charge is -2.25. The Morgan fingerprint density at radius 2 is 2.07 bits per heavy atom. The number of rotatable bonds is 4. The van der Waals surface area contributed by atoms with Crippen LogP contribution in [0.5, 0.6) is 5.75 Å². The summed E-state index contributed by atoms with van der Waals surface area (Å²) in [5.74, 6) is 1.40. The molecule has 0 radical (unpaired) electrons. The fraction of sp³-hybridized carbons (Fsp3) is 0.368. The van der Waals surface area contributed by atoms with Crippen LogP contribution >= 0.6 is 23.2 Å². The molecule has 0 saturated carbocycles. The van der Waals surface area contributed by atoms with Crippen LogP contribution in [0.3, 0.4) is 0 Å². The van der Waals surface area contributed by atoms with E-state index in [9.17, 15) is 0 Å². The molecule has 0 aliphatic carbocycles. The molecule has 1 N–H and O–H groups in total. The SMILES string of the molecule is COc1c(Cl)cccc1Nc1cc(Cl)nc2c1nc(C)n2C1CCCCO1. The Balaban J connectivity index is 1.81. The molecule has 0 amide bonds. The second kappa shape index (κ2) is 7.54. The molecule has 1 aromatic carbocycles. The maximum atomic E-state index is 6.32. The summed E-state index contributed by atoms with van der Waals surface area (Å²) >= 11 is 12.6. The number of pyridine rings is 1. The highest BCUT2D eigenvalue weighted by Crippen LogP contribution is 2.37. The largest absolute Gasteiger partial charge is 0.493 e. The smallest absolute Gasteiger partial charge is 0.166 e. The average molecular weight is 407 g/mol. The number of imidazole rings is 1. The fourth-order valence-electron chi connectivity index (χ4n) is 3.47. The molecular weight excluding hydrogens is 387 g/mol. The number of aryl methyl sites for hydroxylation is 1. The number of ether oxygens (including phenoxy) is 2. The van der Waals surface area contributed by atoms with Crippen molar-refractivity contribution in [3.8, 4) is 5.75 Å². The molecule has 1 aliphatic heterocycles. The summed E-state index contributed by atoms with van der Waals surface area (Å²) in [5.41, 5.74) is 2.90. The number of para-hydroxylation sites is 1. The van der Waals surface area contributed by atoms with Crippen molar-refractivity contribution in [2.24, 2.45) is 0 Å². The average Bonchev–Trinajstić information content (AvgIpc) is 2.98. The third kappa shape index (κ3) is 3.45. The van der Waals surface area contributed by atoms with Gasteiger partial charge in [0.05, 0.1) is 23.5 Å². The molecule has 27 heavy (non-hydrogen) atoms. The first-order valence-corrected chi connectivity index (χ1v) is 9.60. The molecule has 4 rings (SSSR count). The molecule has 6 nitrogen and oxygen atoms in total. The van der Waals surface area contributed by atoms with Gasteiger partial charge in [0.2, 0.25) is 0 Å². The van der Waals surface area contributed by atoms with E-state index in [2.05, 4.69) is 10.3 Å². The topological polar surface area (TPSA) is 61.2 Å². The second-order valence-electron chi connectivity index (χ2n) is 6.46. The van der Waals surface area contributed by atoms with Gasteiger partial charge in [0, 0.05) is 12.7 Å². The minimum atomic E-state index is -0.0664. The fourth-order valence-corrected chi connectivity index (χ4v) is 3.91. The second-order valence-corrected chi connectivity index (χ2v) is 7.26. The number of hydrogen-bond acceptors (Lipinski definition) is 5. The Kier molecular flexibility index (Phi) is 5.12. The Bertz CT molecular complexity index is 983. The zero-order valence-electron chi connectivity index (χ0n) is 15.1. The number of methoxy groups -OCH3 is 1. The van der Waals surface area contributed by atoms with Crippen LogP contribution in [-0.2, 0) is 4.74 Å². The number of hydrogen-bond donors (Lipinski definition) is 1. The number of aromatic nitrogens is 3. The molecule has 0 spiro atoms. The maximum absolute atomic E-state index is 6.32. The van der Waals surface area contributed by atoms with Crippen molar-refractivity contribution in [3.63, 3.8) is 0 Å². The molecule has 2 aromatic heterocycles. The Labute approximate surface area is 167 Å². The zero-order chi connectivity index (χ0) is 19.0. The van der Waals surface area contributed by atoms with Gasteiger partial charge in [-0.15, -0.1) is 0 Å². The van der Waals surface area contributed by atoms with Gasteiger partial charge in [-0.05, 0) is 38.3 Å². The van der Waals surface area contributed by atoms with Gasteiger partial charge in [-0.3, -0.25) is 4.57 Å². The minimum absolute atomic E-state index is 0.0664. The summed E-state index contributed by atoms with van der Waals surface area (Å²) in [5, 5.41) is 4.24. The molecule has 0 bridgehead atoms. The van der Waals surface area contributed by atoms with Crippen LogP contribution in [0.2, 0.25) is 10.2 Å². The first kappa shape index (κ1) is 18.3. The molecule has 3 heterocycles. The number of nitrogens with zero attached hydrogens (tertiary/aromatic N) is 3. The van der Waals surface area contributed by atoms with Gasteiger partial charge >= 0.3 is 0 Å². The van der Waals surface area contributed by atoms with Crippen molar-refractivity contribution in [3.05, 3.63) is 40.3 Å². The molecule has 8 heteroatoms. The molecule has 142 valence electrons. The van der Waals surface area contributed by atoms with Gasteiger partial charge in [-0.2, -0.15) is 0 Å². The summed E-state index contributed by atoms with van der Waals surface area (Å²) in [7, 11) is 1.58. The third-order valence-corrected chi connectivity index (χ3v) is 5.17. The lowest BCUT2D eigenvalue weighted by molar-refractivity contribution is -0.0309. The van der Waals surface area contributed by atoms with Gasteiger partial charge in [-0.1, -0.05) is 29.3 Å². The van der Waals surface area contributed by atoms with Crippen molar-refractivity contribution in [1.82, 2.24) is 14.5 Å². The van der Waals surface area contributed by atoms with Gasteiger partial charge in [0.25, 0.3) is 0 Å². The van der Waals surface area contributed by atoms with Crippen molar-refractivity contribution < 1.29 is 9.47 Å². The van der Waals surface area contributed by atoms with Crippen LogP contribution in [0.1, 0.15) is 31.3 Å². The van der Waals surface area contributed by atoms with Crippen LogP contribution in [0.15, 0.2) is 24.3 Å². The molecule has 1 atom stereocenters. The Hall–Kier alpha value is -2.02. The number of halogens is 2. The van der Waals surface area contributed by atoms with Crippen LogP contribution < -0.4 is 10.1 Å². The summed E-state index contributed by atoms with van der Waals surface area (Å²) in [6, 6.07) is 7.27. The highest BCUT2D eigenvalue weighted by Gasteiger charge is 2.23. The van der Waals surface area contributed by atoms with E-state index in [0.717, 1.165) is 48.6 Å². The van der Waals surface area contributed by atoms with Gasteiger partial charge < -0.3 is 14.8 Å². The van der Waals surface area contributed by atoms with Gasteiger partial charge in [0.15, 0.2) is 11.4 Å². The number of nitrogens with one attached hydrogen (secondary N) is 1. The standard InChI is InChI=1S/C19H20Cl2N4O2/c1-11-22-17-14(23-13-7-5-6-12(20)18(13)26-2)10-15(21)24-19(17)25(11)16-8-3-4-9-27-16/h5-7,10,16H,3-4,8-9H2,1-2H3,(H,23,24). The van der Waals surface area contributed by atoms with Gasteiger partial charge in [-0.25, -0.2) is 9.97 Å². The van der Waals surface area contributed by atoms with E-state index in [1.807, 2.05) is 23.6 Å². The van der Waals surface area contributed by atoms with E-state index < -0.39 is 0 Å². The molecule has 1 aliphatic rings. The van der Waals surface area contributed by atoms with Crippen LogP contribution in [-0.4, -0.2) is 28.3 Å². The zero-order valence-corrected chi connectivity index (χ0v) is 16.6. The molecule has 1 saturated heterocycles. The first-order chi connectivity index (χ1) is 13.1. The normalized spacial score (nSPS) is 17.3. The predicted octanol–water partition coefficient (Wildman–Crippen LogP) is 5.50. The van der Waals surface area contributed by atoms with E-state index >= 15 is 0 Å². The number of fused-ring (bicyclic) bond motifs is 1. The van der Waals surface area contributed by atoms with E-state index in [1.54, 1.807) is 19.2 Å². The van der Waals surface area contributed by atoms with Crippen molar-refractivity contribution in [2.45, 2.75) is 32.4 Å². The van der Waals surface area contributed by atoms with Crippen molar-refractivity contribution >= 4 is 45.7 Å². The van der Waals surface area contributed by atoms with E-state index in [1.165, 1.54) is 0 Å². The molecular formula is C19H20Cl2N4O2. The maximum Gasteiger partial charge on any atom is 0.166 e. The number of benzene rings is 1. The summed E-state index contributed by atoms with van der Waals surface area (Å²) < 4.78 is 13.4. The van der Waals surface area contributed by atoms with Crippen molar-refractivity contribution in [1.29, 1.82) is 0 Å². The lowest BCUT2D eigenvalue weighted by Crippen LogP contribution is -2.19. The third-order valence-electron chi connectivity index (χ3n) is 4.68. The van der Waals surface area contributed by atoms with Gasteiger partial charge in [0.1, 0.15) is 22.7 Å². The lowest BCUT2D eigenvalue weighted by atomic mass is 10.2. The highest BCUT2D eigenvalue weighted by atomic mass is 35.5. The summed E-state index contributed by atoms with van der Waals surface area (Å²) in [6.45, 7) is 2.70. The quantitative estimate of drug-likeness (QED) is 0.579. The predicted molar refractivity (Wildman–Crippen MR) is 107 cm³/mol. The van der Waals surface area contributed by atoms with E-state index in [0.29, 0.717) is 21.6 Å². The van der Waals surface area contributed by atoms with Crippen LogP contribution in [0.4, 0.5) is 11.4 Å². The summed E-state index contributed by atoms with van der Waals surface area (Å²) in [6.07, 6.45) is 3.07. The van der Waals surface area contributed by atoms with E-state index in [-0.39, 0.29) is 6.23 Å². The highest BCUT2D eigenvalue weighted by molar-refractivity contribution is 6.32. The summed E-state index contributed by atoms with van der Waals surface area (Å²) in [4.78, 5) is 9.25.